The molecule has 0 radical (unpaired) electrons. The maximum atomic E-state index is 12.9. The van der Waals surface area contributed by atoms with Crippen LogP contribution in [-0.2, 0) is 14.3 Å². The van der Waals surface area contributed by atoms with Crippen LogP contribution in [0.3, 0.4) is 0 Å². The van der Waals surface area contributed by atoms with Crippen LogP contribution in [0.15, 0.2) is 60.2 Å². The van der Waals surface area contributed by atoms with Crippen LogP contribution in [0.5, 0.6) is 0 Å². The smallest absolute Gasteiger partial charge is 0.295 e. The maximum absolute atomic E-state index is 12.9. The van der Waals surface area contributed by atoms with E-state index in [-0.39, 0.29) is 35.2 Å². The molecule has 0 unspecified atom stereocenters. The Hall–Kier alpha value is -3.52. The molecule has 2 saturated heterocycles. The number of benzene rings is 2. The number of aliphatic hydroxyl groups excluding tert-OH is 1. The molecule has 2 aromatic carbocycles. The van der Waals surface area contributed by atoms with Crippen LogP contribution in [-0.4, -0.2) is 45.9 Å². The van der Waals surface area contributed by atoms with Gasteiger partial charge in [0.1, 0.15) is 5.76 Å². The molecule has 2 aliphatic rings. The number of nitrogens with zero attached hydrogens (tertiary/aromatic N) is 2. The zero-order chi connectivity index (χ0) is 21.3. The second kappa shape index (κ2) is 8.08. The molecule has 0 aliphatic carbocycles. The Morgan fingerprint density at radius 2 is 1.83 bits per heavy atom. The summed E-state index contributed by atoms with van der Waals surface area (Å²) in [6.45, 7) is 0.682. The molecule has 2 aromatic rings. The first kappa shape index (κ1) is 19.8. The van der Waals surface area contributed by atoms with Gasteiger partial charge in [-0.2, -0.15) is 0 Å². The summed E-state index contributed by atoms with van der Waals surface area (Å²) < 4.78 is 5.62. The molecule has 4 rings (SSSR count). The van der Waals surface area contributed by atoms with E-state index in [1.807, 2.05) is 0 Å². The molecule has 0 aromatic heterocycles. The molecule has 8 nitrogen and oxygen atoms in total. The lowest BCUT2D eigenvalue weighted by atomic mass is 9.94. The first-order valence-corrected chi connectivity index (χ1v) is 9.67. The topological polar surface area (TPSA) is 110 Å². The lowest BCUT2D eigenvalue weighted by Gasteiger charge is -2.27. The van der Waals surface area contributed by atoms with Gasteiger partial charge in [-0.15, -0.1) is 0 Å². The Morgan fingerprint density at radius 1 is 1.13 bits per heavy atom. The number of Topliss-reactive ketones (excluding diaryl/α,β-unsaturated/α-hetero) is 1. The fraction of sp³-hybridized carbons (Fsp3) is 0.273. The van der Waals surface area contributed by atoms with Crippen LogP contribution < -0.4 is 0 Å². The van der Waals surface area contributed by atoms with E-state index >= 15 is 0 Å². The zero-order valence-corrected chi connectivity index (χ0v) is 16.1. The minimum Gasteiger partial charge on any atom is -0.507 e. The van der Waals surface area contributed by atoms with E-state index in [4.69, 9.17) is 4.74 Å². The van der Waals surface area contributed by atoms with Crippen LogP contribution in [0.2, 0.25) is 0 Å². The molecule has 1 amide bonds. The number of nitro benzene ring substituents is 1. The van der Waals surface area contributed by atoms with Gasteiger partial charge in [0.25, 0.3) is 17.4 Å². The van der Waals surface area contributed by atoms with Crippen molar-refractivity contribution in [2.45, 2.75) is 25.0 Å². The second-order valence-corrected chi connectivity index (χ2v) is 7.27. The molecule has 2 fully saturated rings. The average molecular weight is 408 g/mol. The minimum absolute atomic E-state index is 0.118. The van der Waals surface area contributed by atoms with Gasteiger partial charge in [-0.25, -0.2) is 0 Å². The van der Waals surface area contributed by atoms with E-state index in [1.165, 1.54) is 23.1 Å². The Bertz CT molecular complexity index is 1030. The number of rotatable bonds is 5. The third kappa shape index (κ3) is 3.46. The van der Waals surface area contributed by atoms with Crippen molar-refractivity contribution in [1.29, 1.82) is 0 Å². The van der Waals surface area contributed by atoms with Crippen molar-refractivity contribution in [3.05, 3.63) is 81.4 Å². The Morgan fingerprint density at radius 3 is 2.50 bits per heavy atom. The summed E-state index contributed by atoms with van der Waals surface area (Å²) in [5.41, 5.74) is 0.160. The predicted molar refractivity (Wildman–Crippen MR) is 108 cm³/mol. The molecule has 0 spiro atoms. The quantitative estimate of drug-likeness (QED) is 0.267. The highest BCUT2D eigenvalue weighted by Gasteiger charge is 2.48. The summed E-state index contributed by atoms with van der Waals surface area (Å²) in [5, 5.41) is 22.6. The number of carbonyl (C=O) groups excluding carboxylic acids is 2. The van der Waals surface area contributed by atoms with E-state index in [9.17, 15) is 24.8 Å². The number of hydrogen-bond acceptors (Lipinski definition) is 6. The minimum atomic E-state index is -1.07. The number of carbonyl (C=O) groups is 2. The molecule has 2 heterocycles. The van der Waals surface area contributed by atoms with Gasteiger partial charge in [0.05, 0.1) is 28.2 Å². The van der Waals surface area contributed by atoms with E-state index < -0.39 is 22.7 Å². The van der Waals surface area contributed by atoms with Crippen molar-refractivity contribution in [2.24, 2.45) is 0 Å². The number of para-hydroxylation sites is 1. The van der Waals surface area contributed by atoms with Crippen molar-refractivity contribution in [1.82, 2.24) is 4.90 Å². The fourth-order valence-corrected chi connectivity index (χ4v) is 4.04. The van der Waals surface area contributed by atoms with Gasteiger partial charge in [0.2, 0.25) is 0 Å². The number of hydrogen-bond donors (Lipinski definition) is 1. The third-order valence-corrected chi connectivity index (χ3v) is 5.44. The van der Waals surface area contributed by atoms with Gasteiger partial charge < -0.3 is 14.7 Å². The van der Waals surface area contributed by atoms with Crippen LogP contribution in [0, 0.1) is 10.1 Å². The van der Waals surface area contributed by atoms with Crippen LogP contribution in [0.1, 0.15) is 30.0 Å². The number of amides is 1. The third-order valence-electron chi connectivity index (χ3n) is 5.44. The predicted octanol–water partition coefficient (Wildman–Crippen LogP) is 3.20. The summed E-state index contributed by atoms with van der Waals surface area (Å²) in [4.78, 5) is 38.2. The molecule has 2 aliphatic heterocycles. The molecule has 1 N–H and O–H groups in total. The van der Waals surface area contributed by atoms with Gasteiger partial charge in [0, 0.05) is 24.8 Å². The standard InChI is InChI=1S/C22H20N2O6/c25-20(14-7-2-1-3-8-14)18-19(16-10-4-5-11-17(16)24(28)29)23(22(27)21(18)26)13-15-9-6-12-30-15/h1-5,7-8,10-11,15,19,25H,6,9,12-13H2/t15-,19-/m0/s1. The highest BCUT2D eigenvalue weighted by Crippen LogP contribution is 2.42. The largest absolute Gasteiger partial charge is 0.507 e. The maximum Gasteiger partial charge on any atom is 0.295 e. The van der Waals surface area contributed by atoms with Gasteiger partial charge in [-0.1, -0.05) is 42.5 Å². The van der Waals surface area contributed by atoms with Crippen LogP contribution in [0.25, 0.3) is 5.76 Å². The molecule has 30 heavy (non-hydrogen) atoms. The van der Waals surface area contributed by atoms with E-state index in [0.29, 0.717) is 12.2 Å². The molecule has 0 saturated carbocycles. The SMILES string of the molecule is O=C1C(=O)N(C[C@@H]2CCCO2)[C@@H](c2ccccc2[N+](=O)[O-])C1=C(O)c1ccccc1. The lowest BCUT2D eigenvalue weighted by Crippen LogP contribution is -2.36. The Labute approximate surface area is 172 Å². The van der Waals surface area contributed by atoms with Crippen LogP contribution >= 0.6 is 0 Å². The summed E-state index contributed by atoms with van der Waals surface area (Å²) >= 11 is 0. The molecule has 154 valence electrons. The molecule has 8 heteroatoms. The number of nitro groups is 1. The van der Waals surface area contributed by atoms with Gasteiger partial charge in [-0.3, -0.25) is 19.7 Å². The highest BCUT2D eigenvalue weighted by molar-refractivity contribution is 6.46. The fourth-order valence-electron chi connectivity index (χ4n) is 4.04. The number of ketones is 1. The Kier molecular flexibility index (Phi) is 5.33. The van der Waals surface area contributed by atoms with Crippen molar-refractivity contribution in [2.75, 3.05) is 13.2 Å². The Balaban J connectivity index is 1.89. The van der Waals surface area contributed by atoms with Gasteiger partial charge in [0.15, 0.2) is 0 Å². The van der Waals surface area contributed by atoms with Crippen molar-refractivity contribution >= 4 is 23.1 Å². The van der Waals surface area contributed by atoms with E-state index in [2.05, 4.69) is 0 Å². The van der Waals surface area contributed by atoms with Crippen LogP contribution in [0.4, 0.5) is 5.69 Å². The molecule has 0 bridgehead atoms. The monoisotopic (exact) mass is 408 g/mol. The molecular weight excluding hydrogens is 388 g/mol. The van der Waals surface area contributed by atoms with E-state index in [1.54, 1.807) is 36.4 Å². The zero-order valence-electron chi connectivity index (χ0n) is 16.1. The summed E-state index contributed by atoms with van der Waals surface area (Å²) in [6.07, 6.45) is 1.31. The van der Waals surface area contributed by atoms with Crippen molar-refractivity contribution in [3.63, 3.8) is 0 Å². The summed E-state index contributed by atoms with van der Waals surface area (Å²) in [5.74, 6) is -2.02. The summed E-state index contributed by atoms with van der Waals surface area (Å²) in [6, 6.07) is 13.2. The highest BCUT2D eigenvalue weighted by atomic mass is 16.6. The van der Waals surface area contributed by atoms with Gasteiger partial charge in [-0.05, 0) is 18.9 Å². The normalized spacial score (nSPS) is 23.1. The van der Waals surface area contributed by atoms with Crippen molar-refractivity contribution in [3.8, 4) is 0 Å². The average Bonchev–Trinajstić information content (AvgIpc) is 3.36. The van der Waals surface area contributed by atoms with Crippen molar-refractivity contribution < 1.29 is 24.4 Å². The number of ether oxygens (including phenoxy) is 1. The van der Waals surface area contributed by atoms with E-state index in [0.717, 1.165) is 12.8 Å². The lowest BCUT2D eigenvalue weighted by molar-refractivity contribution is -0.385. The summed E-state index contributed by atoms with van der Waals surface area (Å²) in [7, 11) is 0. The second-order valence-electron chi connectivity index (χ2n) is 7.27. The molecule has 2 atom stereocenters. The number of aliphatic hydroxyl groups is 1. The first-order valence-electron chi connectivity index (χ1n) is 9.67. The first-order chi connectivity index (χ1) is 14.5. The number of likely N-dealkylation sites (tertiary alicyclic amines) is 1. The van der Waals surface area contributed by atoms with Gasteiger partial charge >= 0.3 is 0 Å². The molecular formula is C22H20N2O6.